The Labute approximate surface area is 118 Å². The van der Waals surface area contributed by atoms with Gasteiger partial charge in [-0.25, -0.2) is 4.68 Å². The van der Waals surface area contributed by atoms with Gasteiger partial charge in [0.05, 0.1) is 12.3 Å². The Bertz CT molecular complexity index is 623. The number of aromatic nitrogens is 3. The first-order valence-corrected chi connectivity index (χ1v) is 6.13. The molecule has 0 N–H and O–H groups in total. The fourth-order valence-corrected chi connectivity index (χ4v) is 1.75. The van der Waals surface area contributed by atoms with Crippen LogP contribution in [0.4, 0.5) is 13.2 Å². The number of hydrogen-bond acceptors (Lipinski definition) is 4. The Kier molecular flexibility index (Phi) is 4.25. The zero-order valence-electron chi connectivity index (χ0n) is 11.1. The van der Waals surface area contributed by atoms with E-state index in [2.05, 4.69) is 14.8 Å². The van der Waals surface area contributed by atoms with E-state index in [1.54, 1.807) is 19.1 Å². The van der Waals surface area contributed by atoms with Gasteiger partial charge in [-0.15, -0.1) is 0 Å². The third-order valence-corrected chi connectivity index (χ3v) is 2.61. The lowest BCUT2D eigenvalue weighted by molar-refractivity contribution is -0.149. The van der Waals surface area contributed by atoms with E-state index in [4.69, 9.17) is 0 Å². The number of alkyl halides is 3. The molecule has 112 valence electrons. The molecule has 0 saturated heterocycles. The second-order valence-electron chi connectivity index (χ2n) is 4.12. The number of carbonyl (C=O) groups is 1. The molecule has 0 atom stereocenters. The minimum Gasteiger partial charge on any atom is -0.465 e. The van der Waals surface area contributed by atoms with E-state index in [-0.39, 0.29) is 12.3 Å². The monoisotopic (exact) mass is 299 g/mol. The third-order valence-electron chi connectivity index (χ3n) is 2.61. The van der Waals surface area contributed by atoms with Crippen molar-refractivity contribution in [1.29, 1.82) is 0 Å². The van der Waals surface area contributed by atoms with Crippen LogP contribution in [-0.4, -0.2) is 27.3 Å². The van der Waals surface area contributed by atoms with Gasteiger partial charge in [0, 0.05) is 18.0 Å². The van der Waals surface area contributed by atoms with Crippen molar-refractivity contribution in [2.24, 2.45) is 0 Å². The second-order valence-corrected chi connectivity index (χ2v) is 4.12. The summed E-state index contributed by atoms with van der Waals surface area (Å²) in [5.74, 6) is -0.774. The average Bonchev–Trinajstić information content (AvgIpc) is 2.84. The highest BCUT2D eigenvalue weighted by molar-refractivity contribution is 5.69. The molecule has 0 aliphatic carbocycles. The van der Waals surface area contributed by atoms with Crippen molar-refractivity contribution in [1.82, 2.24) is 14.8 Å². The smallest absolute Gasteiger partial charge is 0.433 e. The van der Waals surface area contributed by atoms with E-state index < -0.39 is 24.4 Å². The van der Waals surface area contributed by atoms with Crippen molar-refractivity contribution in [3.63, 3.8) is 0 Å². The minimum absolute atomic E-state index is 0.0942. The highest BCUT2D eigenvalue weighted by Gasteiger charge is 2.36. The van der Waals surface area contributed by atoms with Crippen LogP contribution in [0.2, 0.25) is 0 Å². The van der Waals surface area contributed by atoms with Crippen molar-refractivity contribution >= 4 is 5.97 Å². The fraction of sp³-hybridized carbons (Fsp3) is 0.308. The minimum atomic E-state index is -4.61. The van der Waals surface area contributed by atoms with Crippen molar-refractivity contribution in [2.45, 2.75) is 19.6 Å². The summed E-state index contributed by atoms with van der Waals surface area (Å²) in [7, 11) is 0. The van der Waals surface area contributed by atoms with E-state index in [1.165, 1.54) is 12.4 Å². The van der Waals surface area contributed by atoms with Crippen LogP contribution in [0, 0.1) is 0 Å². The number of esters is 1. The quantitative estimate of drug-likeness (QED) is 0.814. The molecule has 2 aromatic rings. The molecule has 0 radical (unpaired) electrons. The van der Waals surface area contributed by atoms with Crippen molar-refractivity contribution in [3.05, 3.63) is 36.3 Å². The van der Waals surface area contributed by atoms with Gasteiger partial charge in [0.2, 0.25) is 0 Å². The molecule has 8 heteroatoms. The van der Waals surface area contributed by atoms with Gasteiger partial charge >= 0.3 is 12.1 Å². The topological polar surface area (TPSA) is 57.0 Å². The Balaban J connectivity index is 2.39. The first kappa shape index (κ1) is 15.0. The summed E-state index contributed by atoms with van der Waals surface area (Å²) in [5.41, 5.74) is -0.472. The van der Waals surface area contributed by atoms with Crippen LogP contribution in [0.25, 0.3) is 11.3 Å². The molecule has 0 unspecified atom stereocenters. The van der Waals surface area contributed by atoms with Gasteiger partial charge in [0.1, 0.15) is 12.2 Å². The Morgan fingerprint density at radius 2 is 2.19 bits per heavy atom. The summed E-state index contributed by atoms with van der Waals surface area (Å²) in [6, 6.07) is 4.06. The maximum Gasteiger partial charge on any atom is 0.433 e. The summed E-state index contributed by atoms with van der Waals surface area (Å²) in [6.07, 6.45) is -1.71. The van der Waals surface area contributed by atoms with Gasteiger partial charge in [0.15, 0.2) is 0 Å². The van der Waals surface area contributed by atoms with Crippen LogP contribution >= 0.6 is 0 Å². The molecule has 5 nitrogen and oxygen atoms in total. The summed E-state index contributed by atoms with van der Waals surface area (Å²) in [6.45, 7) is 1.08. The molecule has 2 rings (SSSR count). The lowest BCUT2D eigenvalue weighted by Gasteiger charge is -2.09. The fourth-order valence-electron chi connectivity index (χ4n) is 1.75. The molecule has 2 heterocycles. The van der Waals surface area contributed by atoms with Crippen LogP contribution in [-0.2, 0) is 22.3 Å². The molecular formula is C13H12F3N3O2. The number of ether oxygens (including phenoxy) is 1. The molecule has 2 aromatic heterocycles. The van der Waals surface area contributed by atoms with Gasteiger partial charge < -0.3 is 4.74 Å². The number of halogens is 3. The van der Waals surface area contributed by atoms with Gasteiger partial charge in [-0.2, -0.15) is 18.3 Å². The summed E-state index contributed by atoms with van der Waals surface area (Å²) in [5, 5.41) is 3.82. The molecular weight excluding hydrogens is 287 g/mol. The molecule has 21 heavy (non-hydrogen) atoms. The van der Waals surface area contributed by atoms with Crippen LogP contribution in [0.5, 0.6) is 0 Å². The lowest BCUT2D eigenvalue weighted by atomic mass is 10.2. The van der Waals surface area contributed by atoms with Gasteiger partial charge in [-0.3, -0.25) is 9.78 Å². The molecule has 0 saturated carbocycles. The van der Waals surface area contributed by atoms with Crippen LogP contribution in [0.1, 0.15) is 12.6 Å². The standard InChI is InChI=1S/C13H12F3N3O2/c1-2-21-12(20)8-19-11(13(14,15)16)6-10(18-19)9-4-3-5-17-7-9/h3-7H,2,8H2,1H3. The first-order chi connectivity index (χ1) is 9.91. The van der Waals surface area contributed by atoms with Gasteiger partial charge in [-0.05, 0) is 25.1 Å². The summed E-state index contributed by atoms with van der Waals surface area (Å²) < 4.78 is 44.2. The predicted molar refractivity (Wildman–Crippen MR) is 67.1 cm³/mol. The maximum absolute atomic E-state index is 13.0. The van der Waals surface area contributed by atoms with E-state index in [1.807, 2.05) is 0 Å². The highest BCUT2D eigenvalue weighted by atomic mass is 19.4. The molecule has 0 bridgehead atoms. The van der Waals surface area contributed by atoms with E-state index >= 15 is 0 Å². The zero-order chi connectivity index (χ0) is 15.5. The molecule has 0 spiro atoms. The number of carbonyl (C=O) groups excluding carboxylic acids is 1. The molecule has 0 amide bonds. The van der Waals surface area contributed by atoms with Crippen LogP contribution < -0.4 is 0 Å². The highest BCUT2D eigenvalue weighted by Crippen LogP contribution is 2.32. The van der Waals surface area contributed by atoms with Crippen molar-refractivity contribution in [3.8, 4) is 11.3 Å². The number of rotatable bonds is 4. The number of pyridine rings is 1. The van der Waals surface area contributed by atoms with E-state index in [0.29, 0.717) is 10.2 Å². The lowest BCUT2D eigenvalue weighted by Crippen LogP contribution is -2.20. The number of nitrogens with zero attached hydrogens (tertiary/aromatic N) is 3. The predicted octanol–water partition coefficient (Wildman–Crippen LogP) is 2.53. The SMILES string of the molecule is CCOC(=O)Cn1nc(-c2cccnc2)cc1C(F)(F)F. The first-order valence-electron chi connectivity index (χ1n) is 6.13. The largest absolute Gasteiger partial charge is 0.465 e. The molecule has 0 aromatic carbocycles. The second kappa shape index (κ2) is 5.94. The van der Waals surface area contributed by atoms with Crippen molar-refractivity contribution < 1.29 is 22.7 Å². The average molecular weight is 299 g/mol. The number of hydrogen-bond donors (Lipinski definition) is 0. The Morgan fingerprint density at radius 1 is 1.43 bits per heavy atom. The molecule has 0 fully saturated rings. The molecule has 0 aliphatic rings. The van der Waals surface area contributed by atoms with Gasteiger partial charge in [0.25, 0.3) is 0 Å². The Morgan fingerprint density at radius 3 is 2.76 bits per heavy atom. The maximum atomic E-state index is 13.0. The van der Waals surface area contributed by atoms with Crippen LogP contribution in [0.3, 0.4) is 0 Å². The molecule has 0 aliphatic heterocycles. The van der Waals surface area contributed by atoms with Gasteiger partial charge in [-0.1, -0.05) is 0 Å². The summed E-state index contributed by atoms with van der Waals surface area (Å²) >= 11 is 0. The van der Waals surface area contributed by atoms with E-state index in [0.717, 1.165) is 6.07 Å². The normalized spacial score (nSPS) is 11.4. The zero-order valence-corrected chi connectivity index (χ0v) is 11.1. The van der Waals surface area contributed by atoms with E-state index in [9.17, 15) is 18.0 Å². The van der Waals surface area contributed by atoms with Crippen LogP contribution in [0.15, 0.2) is 30.6 Å². The Hall–Kier alpha value is -2.38. The summed E-state index contributed by atoms with van der Waals surface area (Å²) in [4.78, 5) is 15.2. The third kappa shape index (κ3) is 3.59. The van der Waals surface area contributed by atoms with Crippen molar-refractivity contribution in [2.75, 3.05) is 6.61 Å².